The van der Waals surface area contributed by atoms with Gasteiger partial charge in [0, 0.05) is 12.2 Å². The standard InChI is InChI=1S/C15H24N/c1-2-3-4-5-6-7-11-14-16-15-12-9-8-10-13-15/h9-10,12-13,16H,2-7,11,14H2,1H3. The van der Waals surface area contributed by atoms with Crippen LogP contribution in [0.1, 0.15) is 51.9 Å². The van der Waals surface area contributed by atoms with Crippen molar-refractivity contribution in [3.63, 3.8) is 0 Å². The van der Waals surface area contributed by atoms with Gasteiger partial charge in [-0.25, -0.2) is 0 Å². The lowest BCUT2D eigenvalue weighted by atomic mass is 10.1. The summed E-state index contributed by atoms with van der Waals surface area (Å²) >= 11 is 0. The molecule has 0 aliphatic heterocycles. The van der Waals surface area contributed by atoms with Crippen LogP contribution < -0.4 is 5.32 Å². The van der Waals surface area contributed by atoms with Crippen LogP contribution in [0.25, 0.3) is 0 Å². The Labute approximate surface area is 100 Å². The molecule has 1 radical (unpaired) electrons. The van der Waals surface area contributed by atoms with E-state index in [9.17, 15) is 0 Å². The third-order valence-corrected chi connectivity index (χ3v) is 2.83. The van der Waals surface area contributed by atoms with Crippen molar-refractivity contribution in [2.45, 2.75) is 51.9 Å². The summed E-state index contributed by atoms with van der Waals surface area (Å²) in [6, 6.07) is 11.1. The molecule has 0 bridgehead atoms. The van der Waals surface area contributed by atoms with Gasteiger partial charge in [-0.3, -0.25) is 0 Å². The van der Waals surface area contributed by atoms with E-state index in [0.29, 0.717) is 0 Å². The first kappa shape index (κ1) is 13.1. The molecule has 1 aromatic rings. The first-order valence-corrected chi connectivity index (χ1v) is 6.63. The molecule has 0 spiro atoms. The molecule has 0 heterocycles. The van der Waals surface area contributed by atoms with Gasteiger partial charge in [-0.05, 0) is 24.6 Å². The number of rotatable bonds is 9. The Morgan fingerprint density at radius 1 is 0.938 bits per heavy atom. The van der Waals surface area contributed by atoms with Crippen molar-refractivity contribution in [3.05, 3.63) is 30.3 Å². The van der Waals surface area contributed by atoms with E-state index >= 15 is 0 Å². The summed E-state index contributed by atoms with van der Waals surface area (Å²) in [5, 5.41) is 3.43. The Hall–Kier alpha value is -0.980. The second-order valence-corrected chi connectivity index (χ2v) is 4.34. The van der Waals surface area contributed by atoms with Gasteiger partial charge in [0.1, 0.15) is 0 Å². The molecule has 0 aliphatic carbocycles. The minimum atomic E-state index is 1.10. The Balaban J connectivity index is 1.89. The highest BCUT2D eigenvalue weighted by Gasteiger charge is 1.91. The number of anilines is 1. The van der Waals surface area contributed by atoms with E-state index in [1.807, 2.05) is 12.1 Å². The number of hydrogen-bond donors (Lipinski definition) is 1. The highest BCUT2D eigenvalue weighted by Crippen LogP contribution is 2.08. The molecule has 0 fully saturated rings. The summed E-state index contributed by atoms with van der Waals surface area (Å²) in [5.41, 5.74) is 1.21. The molecule has 1 aromatic carbocycles. The van der Waals surface area contributed by atoms with Crippen LogP contribution in [-0.4, -0.2) is 6.54 Å². The lowest BCUT2D eigenvalue weighted by Crippen LogP contribution is -2.00. The number of nitrogens with one attached hydrogen (secondary N) is 1. The highest BCUT2D eigenvalue weighted by atomic mass is 14.9. The van der Waals surface area contributed by atoms with E-state index in [2.05, 4.69) is 30.4 Å². The second-order valence-electron chi connectivity index (χ2n) is 4.34. The fraction of sp³-hybridized carbons (Fsp3) is 0.600. The smallest absolute Gasteiger partial charge is 0.0340 e. The maximum absolute atomic E-state index is 3.43. The number of unbranched alkanes of at least 4 members (excludes halogenated alkanes) is 6. The van der Waals surface area contributed by atoms with Crippen molar-refractivity contribution in [2.24, 2.45) is 0 Å². The molecule has 1 N–H and O–H groups in total. The van der Waals surface area contributed by atoms with Crippen LogP contribution in [0, 0.1) is 6.07 Å². The number of hydrogen-bond acceptors (Lipinski definition) is 1. The van der Waals surface area contributed by atoms with Crippen molar-refractivity contribution in [3.8, 4) is 0 Å². The molecule has 1 rings (SSSR count). The predicted molar refractivity (Wildman–Crippen MR) is 71.8 cm³/mol. The third kappa shape index (κ3) is 6.49. The minimum Gasteiger partial charge on any atom is -0.385 e. The average molecular weight is 218 g/mol. The molecule has 0 amide bonds. The summed E-state index contributed by atoms with van der Waals surface area (Å²) in [6.45, 7) is 3.36. The zero-order valence-electron chi connectivity index (χ0n) is 10.5. The fourth-order valence-corrected chi connectivity index (χ4v) is 1.82. The second kappa shape index (κ2) is 9.26. The summed E-state index contributed by atoms with van der Waals surface area (Å²) < 4.78 is 0. The molecule has 89 valence electrons. The Kier molecular flexibility index (Phi) is 7.57. The molecule has 0 atom stereocenters. The van der Waals surface area contributed by atoms with Crippen LogP contribution >= 0.6 is 0 Å². The minimum absolute atomic E-state index is 1.10. The largest absolute Gasteiger partial charge is 0.385 e. The molecule has 0 aromatic heterocycles. The maximum Gasteiger partial charge on any atom is 0.0340 e. The average Bonchev–Trinajstić information content (AvgIpc) is 2.34. The van der Waals surface area contributed by atoms with Gasteiger partial charge in [-0.2, -0.15) is 0 Å². The van der Waals surface area contributed by atoms with Crippen molar-refractivity contribution in [1.29, 1.82) is 0 Å². The highest BCUT2D eigenvalue weighted by molar-refractivity contribution is 5.41. The van der Waals surface area contributed by atoms with Gasteiger partial charge in [-0.15, -0.1) is 0 Å². The Morgan fingerprint density at radius 3 is 2.25 bits per heavy atom. The van der Waals surface area contributed by atoms with Gasteiger partial charge in [-0.1, -0.05) is 57.6 Å². The van der Waals surface area contributed by atoms with Gasteiger partial charge < -0.3 is 5.32 Å². The van der Waals surface area contributed by atoms with E-state index < -0.39 is 0 Å². The Morgan fingerprint density at radius 2 is 1.56 bits per heavy atom. The summed E-state index contributed by atoms with van der Waals surface area (Å²) in [7, 11) is 0. The molecular formula is C15H24N. The number of benzene rings is 1. The molecule has 16 heavy (non-hydrogen) atoms. The summed E-state index contributed by atoms with van der Waals surface area (Å²) in [6.07, 6.45) is 9.60. The van der Waals surface area contributed by atoms with Gasteiger partial charge in [0.05, 0.1) is 0 Å². The van der Waals surface area contributed by atoms with Gasteiger partial charge in [0.25, 0.3) is 0 Å². The van der Waals surface area contributed by atoms with Crippen LogP contribution in [0.15, 0.2) is 24.3 Å². The van der Waals surface area contributed by atoms with E-state index in [0.717, 1.165) is 6.54 Å². The van der Waals surface area contributed by atoms with Crippen molar-refractivity contribution in [2.75, 3.05) is 11.9 Å². The molecule has 0 saturated carbocycles. The normalized spacial score (nSPS) is 10.3. The van der Waals surface area contributed by atoms with Crippen molar-refractivity contribution in [1.82, 2.24) is 0 Å². The molecule has 0 aliphatic rings. The fourth-order valence-electron chi connectivity index (χ4n) is 1.82. The van der Waals surface area contributed by atoms with E-state index in [4.69, 9.17) is 0 Å². The Bertz CT molecular complexity index is 243. The van der Waals surface area contributed by atoms with Crippen LogP contribution in [0.5, 0.6) is 0 Å². The summed E-state index contributed by atoms with van der Waals surface area (Å²) in [4.78, 5) is 0. The van der Waals surface area contributed by atoms with Gasteiger partial charge >= 0.3 is 0 Å². The third-order valence-electron chi connectivity index (χ3n) is 2.83. The van der Waals surface area contributed by atoms with E-state index in [1.54, 1.807) is 0 Å². The molecule has 1 heteroatoms. The molecular weight excluding hydrogens is 194 g/mol. The zero-order chi connectivity index (χ0) is 11.5. The first-order chi connectivity index (χ1) is 7.93. The van der Waals surface area contributed by atoms with Crippen LogP contribution in [0.3, 0.4) is 0 Å². The SMILES string of the molecule is CCCCCCCCCNc1cc[c]cc1. The molecule has 0 saturated heterocycles. The molecule has 1 nitrogen and oxygen atoms in total. The zero-order valence-corrected chi connectivity index (χ0v) is 10.5. The monoisotopic (exact) mass is 218 g/mol. The quantitative estimate of drug-likeness (QED) is 0.595. The van der Waals surface area contributed by atoms with Gasteiger partial charge in [0.15, 0.2) is 0 Å². The van der Waals surface area contributed by atoms with Crippen LogP contribution in [0.2, 0.25) is 0 Å². The lowest BCUT2D eigenvalue weighted by Gasteiger charge is -2.05. The lowest BCUT2D eigenvalue weighted by molar-refractivity contribution is 0.596. The van der Waals surface area contributed by atoms with E-state index in [1.165, 1.54) is 50.6 Å². The molecule has 0 unspecified atom stereocenters. The van der Waals surface area contributed by atoms with Crippen LogP contribution in [0.4, 0.5) is 5.69 Å². The van der Waals surface area contributed by atoms with Crippen LogP contribution in [-0.2, 0) is 0 Å². The van der Waals surface area contributed by atoms with Crippen molar-refractivity contribution >= 4 is 5.69 Å². The van der Waals surface area contributed by atoms with E-state index in [-0.39, 0.29) is 0 Å². The topological polar surface area (TPSA) is 12.0 Å². The maximum atomic E-state index is 3.43. The first-order valence-electron chi connectivity index (χ1n) is 6.63. The predicted octanol–water partition coefficient (Wildman–Crippen LogP) is 4.65. The summed E-state index contributed by atoms with van der Waals surface area (Å²) in [5.74, 6) is 0. The van der Waals surface area contributed by atoms with Crippen molar-refractivity contribution < 1.29 is 0 Å². The van der Waals surface area contributed by atoms with Gasteiger partial charge in [0.2, 0.25) is 0 Å².